The number of aromatic nitrogens is 1. The number of anilines is 1. The lowest BCUT2D eigenvalue weighted by molar-refractivity contribution is 0.102. The minimum Gasteiger partial charge on any atom is -0.486 e. The van der Waals surface area contributed by atoms with Gasteiger partial charge in [0.05, 0.1) is 0 Å². The highest BCUT2D eigenvalue weighted by atomic mass is 16.6. The maximum atomic E-state index is 12.6. The van der Waals surface area contributed by atoms with Crippen LogP contribution in [0.15, 0.2) is 65.1 Å². The molecule has 0 aliphatic carbocycles. The molecular weight excluding hydrogens is 380 g/mol. The number of amides is 1. The topological polar surface area (TPSA) is 73.6 Å². The summed E-state index contributed by atoms with van der Waals surface area (Å²) in [5, 5.41) is 2.90. The summed E-state index contributed by atoms with van der Waals surface area (Å²) in [5.41, 5.74) is 4.87. The number of carbonyl (C=O) groups excluding carboxylic acids is 1. The zero-order valence-electron chi connectivity index (χ0n) is 16.5. The fourth-order valence-electron chi connectivity index (χ4n) is 3.40. The van der Waals surface area contributed by atoms with E-state index in [1.54, 1.807) is 18.2 Å². The van der Waals surface area contributed by atoms with Crippen LogP contribution in [0.3, 0.4) is 0 Å². The van der Waals surface area contributed by atoms with E-state index in [1.807, 2.05) is 42.5 Å². The van der Waals surface area contributed by atoms with Crippen molar-refractivity contribution in [1.82, 2.24) is 4.98 Å². The maximum absolute atomic E-state index is 12.6. The van der Waals surface area contributed by atoms with Gasteiger partial charge < -0.3 is 19.2 Å². The first-order chi connectivity index (χ1) is 14.7. The van der Waals surface area contributed by atoms with Gasteiger partial charge >= 0.3 is 0 Å². The predicted octanol–water partition coefficient (Wildman–Crippen LogP) is 5.08. The van der Waals surface area contributed by atoms with Gasteiger partial charge in [-0.15, -0.1) is 0 Å². The number of nitrogens with one attached hydrogen (secondary N) is 1. The highest BCUT2D eigenvalue weighted by Crippen LogP contribution is 2.31. The number of benzene rings is 3. The van der Waals surface area contributed by atoms with Crippen molar-refractivity contribution in [2.75, 3.05) is 18.5 Å². The third kappa shape index (κ3) is 3.48. The fraction of sp³-hybridized carbons (Fsp3) is 0.167. The quantitative estimate of drug-likeness (QED) is 0.517. The third-order valence-corrected chi connectivity index (χ3v) is 5.05. The Balaban J connectivity index is 1.33. The Morgan fingerprint density at radius 3 is 2.57 bits per heavy atom. The van der Waals surface area contributed by atoms with Crippen molar-refractivity contribution in [1.29, 1.82) is 0 Å². The van der Waals surface area contributed by atoms with E-state index in [-0.39, 0.29) is 5.91 Å². The Morgan fingerprint density at radius 2 is 1.77 bits per heavy atom. The first-order valence-electron chi connectivity index (χ1n) is 9.90. The lowest BCUT2D eigenvalue weighted by Crippen LogP contribution is -2.17. The number of aryl methyl sites for hydroxylation is 1. The standard InChI is InChI=1S/C24H20N2O4/c1-2-15-3-9-20-19(13-15)26-24(30-20)16-4-7-18(8-5-16)25-23(27)17-6-10-21-22(14-17)29-12-11-28-21/h3-10,13-14H,2,11-12H2,1H3,(H,25,27). The van der Waals surface area contributed by atoms with Crippen molar-refractivity contribution in [3.8, 4) is 23.0 Å². The predicted molar refractivity (Wildman–Crippen MR) is 114 cm³/mol. The second kappa shape index (κ2) is 7.55. The summed E-state index contributed by atoms with van der Waals surface area (Å²) < 4.78 is 16.9. The molecule has 0 saturated carbocycles. The normalized spacial score (nSPS) is 12.7. The number of rotatable bonds is 4. The number of carbonyl (C=O) groups is 1. The minimum absolute atomic E-state index is 0.214. The van der Waals surface area contributed by atoms with Crippen molar-refractivity contribution >= 4 is 22.7 Å². The van der Waals surface area contributed by atoms with Crippen LogP contribution in [0.5, 0.6) is 11.5 Å². The zero-order chi connectivity index (χ0) is 20.5. The Kier molecular flexibility index (Phi) is 4.59. The molecule has 150 valence electrons. The summed E-state index contributed by atoms with van der Waals surface area (Å²) in [4.78, 5) is 17.2. The molecule has 0 saturated heterocycles. The molecule has 3 aromatic carbocycles. The van der Waals surface area contributed by atoms with E-state index < -0.39 is 0 Å². The third-order valence-electron chi connectivity index (χ3n) is 5.05. The van der Waals surface area contributed by atoms with Crippen LogP contribution in [-0.2, 0) is 6.42 Å². The molecular formula is C24H20N2O4. The SMILES string of the molecule is CCc1ccc2oc(-c3ccc(NC(=O)c4ccc5c(c4)OCCO5)cc3)nc2c1. The van der Waals surface area contributed by atoms with E-state index in [4.69, 9.17) is 13.9 Å². The van der Waals surface area contributed by atoms with Crippen LogP contribution in [0.25, 0.3) is 22.6 Å². The minimum atomic E-state index is -0.214. The highest BCUT2D eigenvalue weighted by Gasteiger charge is 2.15. The number of hydrogen-bond donors (Lipinski definition) is 1. The van der Waals surface area contributed by atoms with Crippen LogP contribution < -0.4 is 14.8 Å². The number of ether oxygens (including phenoxy) is 2. The molecule has 4 aromatic rings. The van der Waals surface area contributed by atoms with Gasteiger partial charge in [-0.1, -0.05) is 13.0 Å². The fourth-order valence-corrected chi connectivity index (χ4v) is 3.40. The van der Waals surface area contributed by atoms with Crippen molar-refractivity contribution in [3.05, 3.63) is 71.8 Å². The molecule has 0 spiro atoms. The van der Waals surface area contributed by atoms with E-state index >= 15 is 0 Å². The van der Waals surface area contributed by atoms with Gasteiger partial charge in [-0.2, -0.15) is 0 Å². The lowest BCUT2D eigenvalue weighted by Gasteiger charge is -2.18. The number of fused-ring (bicyclic) bond motifs is 2. The first-order valence-corrected chi connectivity index (χ1v) is 9.90. The summed E-state index contributed by atoms with van der Waals surface area (Å²) in [6.45, 7) is 3.11. The Labute approximate surface area is 173 Å². The average molecular weight is 400 g/mol. The first kappa shape index (κ1) is 18.2. The molecule has 0 atom stereocenters. The van der Waals surface area contributed by atoms with Gasteiger partial charge in [0, 0.05) is 16.8 Å². The molecule has 6 heteroatoms. The summed E-state index contributed by atoms with van der Waals surface area (Å²) in [7, 11) is 0. The number of hydrogen-bond acceptors (Lipinski definition) is 5. The molecule has 0 radical (unpaired) electrons. The summed E-state index contributed by atoms with van der Waals surface area (Å²) >= 11 is 0. The molecule has 6 nitrogen and oxygen atoms in total. The maximum Gasteiger partial charge on any atom is 0.255 e. The Bertz CT molecular complexity index is 1230. The molecule has 30 heavy (non-hydrogen) atoms. The molecule has 1 N–H and O–H groups in total. The summed E-state index contributed by atoms with van der Waals surface area (Å²) in [5.74, 6) is 1.59. The van der Waals surface area contributed by atoms with Crippen molar-refractivity contribution in [3.63, 3.8) is 0 Å². The molecule has 0 bridgehead atoms. The van der Waals surface area contributed by atoms with Gasteiger partial charge in [0.2, 0.25) is 5.89 Å². The molecule has 1 aliphatic heterocycles. The smallest absolute Gasteiger partial charge is 0.255 e. The summed E-state index contributed by atoms with van der Waals surface area (Å²) in [6.07, 6.45) is 0.954. The van der Waals surface area contributed by atoms with Crippen LogP contribution >= 0.6 is 0 Å². The van der Waals surface area contributed by atoms with Gasteiger partial charge in [-0.05, 0) is 66.6 Å². The Morgan fingerprint density at radius 1 is 0.967 bits per heavy atom. The molecule has 2 heterocycles. The summed E-state index contributed by atoms with van der Waals surface area (Å²) in [6, 6.07) is 18.6. The van der Waals surface area contributed by atoms with E-state index in [0.29, 0.717) is 41.9 Å². The number of oxazole rings is 1. The van der Waals surface area contributed by atoms with Crippen LogP contribution in [-0.4, -0.2) is 24.1 Å². The van der Waals surface area contributed by atoms with Gasteiger partial charge in [-0.3, -0.25) is 4.79 Å². The molecule has 1 aliphatic rings. The molecule has 0 fully saturated rings. The molecule has 1 amide bonds. The van der Waals surface area contributed by atoms with Crippen molar-refractivity contribution in [2.24, 2.45) is 0 Å². The zero-order valence-corrected chi connectivity index (χ0v) is 16.5. The van der Waals surface area contributed by atoms with E-state index in [0.717, 1.165) is 23.1 Å². The van der Waals surface area contributed by atoms with Crippen LogP contribution in [0.1, 0.15) is 22.8 Å². The van der Waals surface area contributed by atoms with Gasteiger partial charge in [0.15, 0.2) is 17.1 Å². The molecule has 0 unspecified atom stereocenters. The Hall–Kier alpha value is -3.80. The second-order valence-corrected chi connectivity index (χ2v) is 7.06. The van der Waals surface area contributed by atoms with Gasteiger partial charge in [-0.25, -0.2) is 4.98 Å². The molecule has 1 aromatic heterocycles. The average Bonchev–Trinajstić information content (AvgIpc) is 3.22. The van der Waals surface area contributed by atoms with E-state index in [2.05, 4.69) is 17.2 Å². The van der Waals surface area contributed by atoms with E-state index in [1.165, 1.54) is 5.56 Å². The largest absolute Gasteiger partial charge is 0.486 e. The van der Waals surface area contributed by atoms with Crippen LogP contribution in [0, 0.1) is 0 Å². The van der Waals surface area contributed by atoms with Crippen molar-refractivity contribution < 1.29 is 18.7 Å². The highest BCUT2D eigenvalue weighted by molar-refractivity contribution is 6.04. The van der Waals surface area contributed by atoms with Gasteiger partial charge in [0.1, 0.15) is 18.7 Å². The second-order valence-electron chi connectivity index (χ2n) is 7.06. The van der Waals surface area contributed by atoms with Crippen LogP contribution in [0.4, 0.5) is 5.69 Å². The van der Waals surface area contributed by atoms with E-state index in [9.17, 15) is 4.79 Å². The van der Waals surface area contributed by atoms with Crippen LogP contribution in [0.2, 0.25) is 0 Å². The molecule has 5 rings (SSSR count). The number of nitrogens with zero attached hydrogens (tertiary/aromatic N) is 1. The lowest BCUT2D eigenvalue weighted by atomic mass is 10.1. The van der Waals surface area contributed by atoms with Gasteiger partial charge in [0.25, 0.3) is 5.91 Å². The van der Waals surface area contributed by atoms with Crippen molar-refractivity contribution in [2.45, 2.75) is 13.3 Å². The monoisotopic (exact) mass is 400 g/mol.